The number of hydrogen-bond donors (Lipinski definition) is 1. The van der Waals surface area contributed by atoms with Crippen LogP contribution in [-0.4, -0.2) is 12.5 Å². The van der Waals surface area contributed by atoms with Crippen LogP contribution in [0.3, 0.4) is 0 Å². The molecular weight excluding hydrogens is 442 g/mol. The number of rotatable bonds is 8. The van der Waals surface area contributed by atoms with Gasteiger partial charge in [0.25, 0.3) is 5.91 Å². The zero-order valence-electron chi connectivity index (χ0n) is 17.5. The molecule has 0 fully saturated rings. The molecule has 30 heavy (non-hydrogen) atoms. The first kappa shape index (κ1) is 21.9. The predicted octanol–water partition coefficient (Wildman–Crippen LogP) is 6.55. The Hall–Kier alpha value is -2.79. The van der Waals surface area contributed by atoms with Gasteiger partial charge in [0.15, 0.2) is 11.5 Å². The Kier molecular flexibility index (Phi) is 7.52. The molecule has 0 unspecified atom stereocenters. The molecule has 156 valence electrons. The van der Waals surface area contributed by atoms with E-state index in [4.69, 9.17) is 9.47 Å². The molecule has 0 bridgehead atoms. The molecule has 3 aromatic rings. The van der Waals surface area contributed by atoms with Crippen molar-refractivity contribution < 1.29 is 14.3 Å². The Labute approximate surface area is 186 Å². The van der Waals surface area contributed by atoms with Crippen LogP contribution in [0, 0.1) is 6.92 Å². The Balaban J connectivity index is 1.86. The minimum Gasteiger partial charge on any atom is -0.490 e. The summed E-state index contributed by atoms with van der Waals surface area (Å²) in [6.45, 7) is 6.86. The van der Waals surface area contributed by atoms with Crippen molar-refractivity contribution in [3.63, 3.8) is 0 Å². The molecule has 4 nitrogen and oxygen atoms in total. The van der Waals surface area contributed by atoms with Crippen molar-refractivity contribution in [2.45, 2.75) is 33.8 Å². The number of carbonyl (C=O) groups excluding carboxylic acids is 1. The second-order valence-electron chi connectivity index (χ2n) is 6.91. The van der Waals surface area contributed by atoms with Gasteiger partial charge in [0.05, 0.1) is 11.1 Å². The summed E-state index contributed by atoms with van der Waals surface area (Å²) in [6, 6.07) is 19.5. The molecule has 3 rings (SSSR count). The Morgan fingerprint density at radius 2 is 1.77 bits per heavy atom. The van der Waals surface area contributed by atoms with Crippen molar-refractivity contribution in [1.29, 1.82) is 0 Å². The van der Waals surface area contributed by atoms with Crippen LogP contribution in [0.25, 0.3) is 0 Å². The van der Waals surface area contributed by atoms with Gasteiger partial charge in [-0.2, -0.15) is 0 Å². The summed E-state index contributed by atoms with van der Waals surface area (Å²) in [5.41, 5.74) is 4.57. The molecule has 1 amide bonds. The summed E-state index contributed by atoms with van der Waals surface area (Å²) in [5.74, 6) is 0.936. The molecule has 0 radical (unpaired) electrons. The van der Waals surface area contributed by atoms with E-state index in [-0.39, 0.29) is 5.91 Å². The molecule has 0 saturated carbocycles. The second kappa shape index (κ2) is 10.3. The fourth-order valence-electron chi connectivity index (χ4n) is 3.22. The van der Waals surface area contributed by atoms with E-state index in [1.807, 2.05) is 62.4 Å². The van der Waals surface area contributed by atoms with Gasteiger partial charge in [-0.05, 0) is 65.0 Å². The quantitative estimate of drug-likeness (QED) is 0.408. The molecular formula is C25H26BrNO3. The van der Waals surface area contributed by atoms with E-state index in [0.29, 0.717) is 34.7 Å². The van der Waals surface area contributed by atoms with Gasteiger partial charge in [0.1, 0.15) is 6.61 Å². The molecule has 1 N–H and O–H groups in total. The number of anilines is 1. The normalized spacial score (nSPS) is 10.5. The third-order valence-corrected chi connectivity index (χ3v) is 5.37. The third kappa shape index (κ3) is 5.22. The van der Waals surface area contributed by atoms with E-state index in [0.717, 1.165) is 28.8 Å². The van der Waals surface area contributed by atoms with Crippen molar-refractivity contribution in [2.24, 2.45) is 0 Å². The average Bonchev–Trinajstić information content (AvgIpc) is 2.75. The van der Waals surface area contributed by atoms with Gasteiger partial charge in [-0.25, -0.2) is 0 Å². The van der Waals surface area contributed by atoms with Gasteiger partial charge >= 0.3 is 0 Å². The van der Waals surface area contributed by atoms with Gasteiger partial charge in [-0.1, -0.05) is 55.5 Å². The third-order valence-electron chi connectivity index (χ3n) is 4.78. The number of aryl methyl sites for hydroxylation is 2. The maximum atomic E-state index is 13.0. The molecule has 0 spiro atoms. The highest BCUT2D eigenvalue weighted by atomic mass is 79.9. The molecule has 0 aliphatic heterocycles. The van der Waals surface area contributed by atoms with Crippen molar-refractivity contribution in [1.82, 2.24) is 0 Å². The Bertz CT molecular complexity index is 1020. The first-order valence-corrected chi connectivity index (χ1v) is 10.9. The van der Waals surface area contributed by atoms with Crippen molar-refractivity contribution in [2.75, 3.05) is 11.9 Å². The van der Waals surface area contributed by atoms with Crippen molar-refractivity contribution >= 4 is 27.5 Å². The molecule has 3 aromatic carbocycles. The van der Waals surface area contributed by atoms with Gasteiger partial charge in [0, 0.05) is 11.3 Å². The minimum atomic E-state index is -0.185. The monoisotopic (exact) mass is 467 g/mol. The van der Waals surface area contributed by atoms with E-state index >= 15 is 0 Å². The van der Waals surface area contributed by atoms with E-state index in [1.54, 1.807) is 12.1 Å². The number of para-hydroxylation sites is 1. The van der Waals surface area contributed by atoms with Gasteiger partial charge in [-0.15, -0.1) is 0 Å². The zero-order chi connectivity index (χ0) is 21.5. The largest absolute Gasteiger partial charge is 0.490 e. The topological polar surface area (TPSA) is 47.6 Å². The Morgan fingerprint density at radius 1 is 1.00 bits per heavy atom. The van der Waals surface area contributed by atoms with E-state index < -0.39 is 0 Å². The second-order valence-corrected chi connectivity index (χ2v) is 7.76. The van der Waals surface area contributed by atoms with Crippen LogP contribution in [0.15, 0.2) is 65.1 Å². The van der Waals surface area contributed by atoms with Crippen LogP contribution in [0.5, 0.6) is 11.5 Å². The SMILES string of the molecule is CCOc1cc(C(=O)Nc2c(C)cccc2CC)cc(Br)c1OCc1ccccc1. The lowest BCUT2D eigenvalue weighted by atomic mass is 10.1. The van der Waals surface area contributed by atoms with Crippen LogP contribution in [0.1, 0.15) is 40.9 Å². The first-order chi connectivity index (χ1) is 14.5. The molecule has 0 heterocycles. The minimum absolute atomic E-state index is 0.185. The molecule has 5 heteroatoms. The zero-order valence-corrected chi connectivity index (χ0v) is 19.1. The summed E-state index contributed by atoms with van der Waals surface area (Å²) < 4.78 is 12.5. The van der Waals surface area contributed by atoms with Crippen molar-refractivity contribution in [3.8, 4) is 11.5 Å². The number of amides is 1. The molecule has 0 aliphatic carbocycles. The number of ether oxygens (including phenoxy) is 2. The number of benzene rings is 3. The molecule has 0 atom stereocenters. The summed E-state index contributed by atoms with van der Waals surface area (Å²) in [7, 11) is 0. The van der Waals surface area contributed by atoms with E-state index in [2.05, 4.69) is 28.2 Å². The van der Waals surface area contributed by atoms with Crippen LogP contribution < -0.4 is 14.8 Å². The average molecular weight is 468 g/mol. The first-order valence-electron chi connectivity index (χ1n) is 10.1. The fraction of sp³-hybridized carbons (Fsp3) is 0.240. The van der Waals surface area contributed by atoms with E-state index in [1.165, 1.54) is 0 Å². The fourth-order valence-corrected chi connectivity index (χ4v) is 3.78. The van der Waals surface area contributed by atoms with E-state index in [9.17, 15) is 4.79 Å². The van der Waals surface area contributed by atoms with Crippen LogP contribution in [0.2, 0.25) is 0 Å². The van der Waals surface area contributed by atoms with Crippen LogP contribution in [-0.2, 0) is 13.0 Å². The number of nitrogens with one attached hydrogen (secondary N) is 1. The number of hydrogen-bond acceptors (Lipinski definition) is 3. The summed E-state index contributed by atoms with van der Waals surface area (Å²) in [6.07, 6.45) is 0.845. The van der Waals surface area contributed by atoms with Gasteiger partial charge in [-0.3, -0.25) is 4.79 Å². The van der Waals surface area contributed by atoms with Gasteiger partial charge < -0.3 is 14.8 Å². The molecule has 0 aromatic heterocycles. The maximum absolute atomic E-state index is 13.0. The number of carbonyl (C=O) groups is 1. The lowest BCUT2D eigenvalue weighted by Crippen LogP contribution is -2.15. The smallest absolute Gasteiger partial charge is 0.255 e. The lowest BCUT2D eigenvalue weighted by molar-refractivity contribution is 0.102. The van der Waals surface area contributed by atoms with Crippen LogP contribution >= 0.6 is 15.9 Å². The van der Waals surface area contributed by atoms with Gasteiger partial charge in [0.2, 0.25) is 0 Å². The highest BCUT2D eigenvalue weighted by molar-refractivity contribution is 9.10. The van der Waals surface area contributed by atoms with Crippen LogP contribution in [0.4, 0.5) is 5.69 Å². The van der Waals surface area contributed by atoms with Crippen molar-refractivity contribution in [3.05, 3.63) is 87.4 Å². The summed E-state index contributed by atoms with van der Waals surface area (Å²) >= 11 is 3.55. The number of halogens is 1. The molecule has 0 aliphatic rings. The Morgan fingerprint density at radius 3 is 2.47 bits per heavy atom. The summed E-state index contributed by atoms with van der Waals surface area (Å²) in [4.78, 5) is 13.0. The lowest BCUT2D eigenvalue weighted by Gasteiger charge is -2.17. The maximum Gasteiger partial charge on any atom is 0.255 e. The summed E-state index contributed by atoms with van der Waals surface area (Å²) in [5, 5.41) is 3.06. The highest BCUT2D eigenvalue weighted by Gasteiger charge is 2.18. The highest BCUT2D eigenvalue weighted by Crippen LogP contribution is 2.38. The molecule has 0 saturated heterocycles. The predicted molar refractivity (Wildman–Crippen MR) is 125 cm³/mol. The standard InChI is InChI=1S/C25H26BrNO3/c1-4-19-13-9-10-17(3)23(19)27-25(28)20-14-21(26)24(22(15-20)29-5-2)30-16-18-11-7-6-8-12-18/h6-15H,4-5,16H2,1-3H3,(H,27,28).